The minimum atomic E-state index is -0.204. The molecule has 2 unspecified atom stereocenters. The highest BCUT2D eigenvalue weighted by molar-refractivity contribution is 8.00. The van der Waals surface area contributed by atoms with Crippen LogP contribution < -0.4 is 10.1 Å². The molecule has 0 aliphatic carbocycles. The molecule has 1 fully saturated rings. The number of amides is 2. The molecular formula is C22H26N2O3S. The number of benzene rings is 2. The van der Waals surface area contributed by atoms with Gasteiger partial charge in [-0.15, -0.1) is 11.8 Å². The van der Waals surface area contributed by atoms with Gasteiger partial charge in [-0.05, 0) is 56.2 Å². The lowest BCUT2D eigenvalue weighted by atomic mass is 9.96. The molecule has 0 bridgehead atoms. The maximum absolute atomic E-state index is 12.9. The summed E-state index contributed by atoms with van der Waals surface area (Å²) in [4.78, 5) is 28.3. The number of carbonyl (C=O) groups is 2. The predicted octanol–water partition coefficient (Wildman–Crippen LogP) is 4.05. The van der Waals surface area contributed by atoms with Crippen LogP contribution in [0, 0.1) is 5.92 Å². The Morgan fingerprint density at radius 3 is 2.54 bits per heavy atom. The van der Waals surface area contributed by atoms with E-state index in [2.05, 4.69) is 5.32 Å². The van der Waals surface area contributed by atoms with Crippen LogP contribution in [0.25, 0.3) is 0 Å². The van der Waals surface area contributed by atoms with Gasteiger partial charge in [0.25, 0.3) is 0 Å². The zero-order valence-electron chi connectivity index (χ0n) is 16.3. The minimum absolute atomic E-state index is 0.0147. The first-order chi connectivity index (χ1) is 13.6. The lowest BCUT2D eigenvalue weighted by molar-refractivity contribution is -0.133. The molecule has 1 N–H and O–H groups in total. The first kappa shape index (κ1) is 20.3. The van der Waals surface area contributed by atoms with Crippen LogP contribution in [0.3, 0.4) is 0 Å². The Labute approximate surface area is 170 Å². The van der Waals surface area contributed by atoms with E-state index in [9.17, 15) is 9.59 Å². The Balaban J connectivity index is 1.56. The summed E-state index contributed by atoms with van der Waals surface area (Å²) < 4.78 is 5.17. The average Bonchev–Trinajstić information content (AvgIpc) is 2.74. The number of para-hydroxylation sites is 1. The summed E-state index contributed by atoms with van der Waals surface area (Å²) in [6.45, 7) is 3.11. The molecule has 1 saturated heterocycles. The zero-order valence-corrected chi connectivity index (χ0v) is 17.1. The third-order valence-corrected chi connectivity index (χ3v) is 5.96. The molecule has 148 valence electrons. The van der Waals surface area contributed by atoms with Crippen molar-refractivity contribution >= 4 is 29.3 Å². The molecule has 28 heavy (non-hydrogen) atoms. The molecule has 1 heterocycles. The fourth-order valence-electron chi connectivity index (χ4n) is 3.32. The second-order valence-corrected chi connectivity index (χ2v) is 8.33. The van der Waals surface area contributed by atoms with Gasteiger partial charge in [0.15, 0.2) is 0 Å². The van der Waals surface area contributed by atoms with E-state index in [0.29, 0.717) is 13.1 Å². The summed E-state index contributed by atoms with van der Waals surface area (Å²) in [5, 5.41) is 2.75. The number of methoxy groups -OCH3 is 1. The predicted molar refractivity (Wildman–Crippen MR) is 113 cm³/mol. The zero-order chi connectivity index (χ0) is 19.9. The van der Waals surface area contributed by atoms with Gasteiger partial charge in [0, 0.05) is 23.7 Å². The summed E-state index contributed by atoms with van der Waals surface area (Å²) in [6, 6.07) is 17.1. The molecule has 2 aromatic rings. The van der Waals surface area contributed by atoms with Crippen LogP contribution in [0.2, 0.25) is 0 Å². The van der Waals surface area contributed by atoms with E-state index in [0.717, 1.165) is 29.2 Å². The van der Waals surface area contributed by atoms with E-state index in [1.54, 1.807) is 7.11 Å². The van der Waals surface area contributed by atoms with Crippen molar-refractivity contribution in [2.45, 2.75) is 29.9 Å². The fraction of sp³-hybridized carbons (Fsp3) is 0.364. The highest BCUT2D eigenvalue weighted by atomic mass is 32.2. The molecule has 0 aromatic heterocycles. The van der Waals surface area contributed by atoms with Gasteiger partial charge in [-0.1, -0.05) is 18.2 Å². The lowest BCUT2D eigenvalue weighted by Crippen LogP contribution is -2.46. The molecule has 2 amide bonds. The fourth-order valence-corrected chi connectivity index (χ4v) is 4.27. The van der Waals surface area contributed by atoms with Crippen molar-refractivity contribution in [1.29, 1.82) is 0 Å². The number of ether oxygens (including phenoxy) is 1. The van der Waals surface area contributed by atoms with Crippen LogP contribution in [0.15, 0.2) is 59.5 Å². The number of thioether (sulfide) groups is 1. The molecule has 6 heteroatoms. The topological polar surface area (TPSA) is 58.6 Å². The SMILES string of the molecule is COc1ccc(SC(C)C(=O)N2CCCC(C(=O)Nc3ccccc3)C2)cc1. The summed E-state index contributed by atoms with van der Waals surface area (Å²) in [5.41, 5.74) is 0.791. The minimum Gasteiger partial charge on any atom is -0.497 e. The first-order valence-corrected chi connectivity index (χ1v) is 10.4. The maximum atomic E-state index is 12.9. The number of anilines is 1. The number of likely N-dealkylation sites (tertiary alicyclic amines) is 1. The Bertz CT molecular complexity index is 795. The van der Waals surface area contributed by atoms with Crippen molar-refractivity contribution in [1.82, 2.24) is 4.90 Å². The quantitative estimate of drug-likeness (QED) is 0.746. The summed E-state index contributed by atoms with van der Waals surface area (Å²) in [7, 11) is 1.63. The number of rotatable bonds is 6. The maximum Gasteiger partial charge on any atom is 0.235 e. The third-order valence-electron chi connectivity index (χ3n) is 4.87. The van der Waals surface area contributed by atoms with Gasteiger partial charge in [0.1, 0.15) is 5.75 Å². The van der Waals surface area contributed by atoms with E-state index in [1.165, 1.54) is 11.8 Å². The lowest BCUT2D eigenvalue weighted by Gasteiger charge is -2.33. The molecule has 2 atom stereocenters. The van der Waals surface area contributed by atoms with Crippen LogP contribution in [0.1, 0.15) is 19.8 Å². The van der Waals surface area contributed by atoms with Crippen molar-refractivity contribution < 1.29 is 14.3 Å². The van der Waals surface area contributed by atoms with E-state index < -0.39 is 0 Å². The number of nitrogens with zero attached hydrogens (tertiary/aromatic N) is 1. The van der Waals surface area contributed by atoms with E-state index in [-0.39, 0.29) is 23.0 Å². The highest BCUT2D eigenvalue weighted by Crippen LogP contribution is 2.28. The number of nitrogens with one attached hydrogen (secondary N) is 1. The van der Waals surface area contributed by atoms with Crippen LogP contribution in [-0.2, 0) is 9.59 Å². The monoisotopic (exact) mass is 398 g/mol. The Hall–Kier alpha value is -2.47. The Morgan fingerprint density at radius 2 is 1.86 bits per heavy atom. The van der Waals surface area contributed by atoms with E-state index >= 15 is 0 Å². The highest BCUT2D eigenvalue weighted by Gasteiger charge is 2.30. The Morgan fingerprint density at radius 1 is 1.14 bits per heavy atom. The van der Waals surface area contributed by atoms with Gasteiger partial charge in [-0.3, -0.25) is 9.59 Å². The standard InChI is InChI=1S/C22H26N2O3S/c1-16(28-20-12-10-19(27-2)11-13-20)22(26)24-14-6-7-17(15-24)21(25)23-18-8-4-3-5-9-18/h3-5,8-13,16-17H,6-7,14-15H2,1-2H3,(H,23,25). The van der Waals surface area contributed by atoms with E-state index in [4.69, 9.17) is 4.74 Å². The second-order valence-electron chi connectivity index (χ2n) is 6.91. The smallest absolute Gasteiger partial charge is 0.235 e. The number of piperidine rings is 1. The van der Waals surface area contributed by atoms with Crippen LogP contribution in [0.5, 0.6) is 5.75 Å². The van der Waals surface area contributed by atoms with Crippen molar-refractivity contribution in [3.05, 3.63) is 54.6 Å². The average molecular weight is 399 g/mol. The van der Waals surface area contributed by atoms with Crippen LogP contribution >= 0.6 is 11.8 Å². The van der Waals surface area contributed by atoms with Crippen molar-refractivity contribution in [3.8, 4) is 5.75 Å². The van der Waals surface area contributed by atoms with Gasteiger partial charge >= 0.3 is 0 Å². The Kier molecular flexibility index (Phi) is 6.98. The second kappa shape index (κ2) is 9.64. The first-order valence-electron chi connectivity index (χ1n) is 9.52. The van der Waals surface area contributed by atoms with Gasteiger partial charge in [0.05, 0.1) is 18.3 Å². The van der Waals surface area contributed by atoms with Gasteiger partial charge in [-0.2, -0.15) is 0 Å². The van der Waals surface area contributed by atoms with Crippen LogP contribution in [0.4, 0.5) is 5.69 Å². The molecule has 1 aliphatic rings. The van der Waals surface area contributed by atoms with Crippen molar-refractivity contribution in [2.75, 3.05) is 25.5 Å². The van der Waals surface area contributed by atoms with Gasteiger partial charge in [0.2, 0.25) is 11.8 Å². The largest absolute Gasteiger partial charge is 0.497 e. The molecule has 0 radical (unpaired) electrons. The number of hydrogen-bond donors (Lipinski definition) is 1. The van der Waals surface area contributed by atoms with Crippen LogP contribution in [-0.4, -0.2) is 42.2 Å². The number of hydrogen-bond acceptors (Lipinski definition) is 4. The normalized spacial score (nSPS) is 17.6. The summed E-state index contributed by atoms with van der Waals surface area (Å²) in [6.07, 6.45) is 1.65. The molecule has 0 saturated carbocycles. The molecule has 2 aromatic carbocycles. The number of carbonyl (C=O) groups excluding carboxylic acids is 2. The third kappa shape index (κ3) is 5.29. The molecule has 0 spiro atoms. The summed E-state index contributed by atoms with van der Waals surface area (Å²) in [5.74, 6) is 0.694. The molecular weight excluding hydrogens is 372 g/mol. The van der Waals surface area contributed by atoms with E-state index in [1.807, 2.05) is 66.4 Å². The summed E-state index contributed by atoms with van der Waals surface area (Å²) >= 11 is 1.53. The molecule has 1 aliphatic heterocycles. The van der Waals surface area contributed by atoms with Gasteiger partial charge < -0.3 is 15.0 Å². The van der Waals surface area contributed by atoms with Crippen molar-refractivity contribution in [3.63, 3.8) is 0 Å². The van der Waals surface area contributed by atoms with Gasteiger partial charge in [-0.25, -0.2) is 0 Å². The molecule has 3 rings (SSSR count). The van der Waals surface area contributed by atoms with Crippen molar-refractivity contribution in [2.24, 2.45) is 5.92 Å². The molecule has 5 nitrogen and oxygen atoms in total.